The molecule has 0 bridgehead atoms. The highest BCUT2D eigenvalue weighted by atomic mass is 16.2. The van der Waals surface area contributed by atoms with Crippen LogP contribution in [0.15, 0.2) is 29.3 Å². The van der Waals surface area contributed by atoms with Crippen molar-refractivity contribution in [3.63, 3.8) is 0 Å². The highest BCUT2D eigenvalue weighted by Crippen LogP contribution is 2.07. The first-order valence-electron chi connectivity index (χ1n) is 5.81. The fourth-order valence-electron chi connectivity index (χ4n) is 1.53. The molecule has 18 heavy (non-hydrogen) atoms. The zero-order valence-electron chi connectivity index (χ0n) is 11.1. The molecule has 0 aliphatic heterocycles. The number of amides is 1. The average molecular weight is 248 g/mol. The lowest BCUT2D eigenvalue weighted by molar-refractivity contribution is 0.0827. The third-order valence-corrected chi connectivity index (χ3v) is 2.54. The second-order valence-corrected chi connectivity index (χ2v) is 4.19. The minimum Gasteiger partial charge on any atom is -0.370 e. The van der Waals surface area contributed by atoms with Crippen molar-refractivity contribution < 1.29 is 4.79 Å². The van der Waals surface area contributed by atoms with Crippen LogP contribution < -0.4 is 11.1 Å². The smallest absolute Gasteiger partial charge is 0.253 e. The summed E-state index contributed by atoms with van der Waals surface area (Å²) in [6.07, 6.45) is 0.796. The summed E-state index contributed by atoms with van der Waals surface area (Å²) in [7, 11) is 5.13. The van der Waals surface area contributed by atoms with Crippen molar-refractivity contribution in [3.8, 4) is 0 Å². The Morgan fingerprint density at radius 3 is 2.78 bits per heavy atom. The summed E-state index contributed by atoms with van der Waals surface area (Å²) in [6.45, 7) is 0.697. The predicted molar refractivity (Wildman–Crippen MR) is 73.7 cm³/mol. The summed E-state index contributed by atoms with van der Waals surface area (Å²) in [5.74, 6) is 0.440. The van der Waals surface area contributed by atoms with E-state index in [4.69, 9.17) is 5.73 Å². The van der Waals surface area contributed by atoms with Gasteiger partial charge in [0.25, 0.3) is 5.91 Å². The third kappa shape index (κ3) is 4.08. The number of nitrogens with zero attached hydrogens (tertiary/aromatic N) is 2. The number of nitrogens with one attached hydrogen (secondary N) is 1. The number of guanidine groups is 1. The standard InChI is InChI=1S/C13H20N4O/c1-15-13(14)16-8-7-10-5-4-6-11(9-10)12(18)17(2)3/h4-6,9H,7-8H2,1-3H3,(H3,14,15,16). The number of aliphatic imine (C=N–C) groups is 1. The molecule has 0 aliphatic carbocycles. The van der Waals surface area contributed by atoms with Gasteiger partial charge in [0.05, 0.1) is 0 Å². The van der Waals surface area contributed by atoms with Crippen LogP contribution in [0.3, 0.4) is 0 Å². The Labute approximate surface area is 108 Å². The number of hydrogen-bond donors (Lipinski definition) is 2. The Morgan fingerprint density at radius 2 is 2.17 bits per heavy atom. The van der Waals surface area contributed by atoms with Gasteiger partial charge in [0.15, 0.2) is 5.96 Å². The van der Waals surface area contributed by atoms with Crippen LogP contribution in [0.1, 0.15) is 15.9 Å². The fraction of sp³-hybridized carbons (Fsp3) is 0.385. The molecule has 1 aromatic carbocycles. The van der Waals surface area contributed by atoms with Gasteiger partial charge >= 0.3 is 0 Å². The molecule has 0 spiro atoms. The summed E-state index contributed by atoms with van der Waals surface area (Å²) in [4.78, 5) is 17.2. The van der Waals surface area contributed by atoms with Gasteiger partial charge in [0.1, 0.15) is 0 Å². The number of hydrogen-bond acceptors (Lipinski definition) is 2. The minimum atomic E-state index is 0.0134. The SMILES string of the molecule is CN=C(N)NCCc1cccc(C(=O)N(C)C)c1. The van der Waals surface area contributed by atoms with Gasteiger partial charge in [-0.3, -0.25) is 9.79 Å². The second kappa shape index (κ2) is 6.64. The molecule has 3 N–H and O–H groups in total. The molecular formula is C13H20N4O. The van der Waals surface area contributed by atoms with E-state index < -0.39 is 0 Å². The van der Waals surface area contributed by atoms with Crippen LogP contribution in [-0.2, 0) is 6.42 Å². The zero-order chi connectivity index (χ0) is 13.5. The average Bonchev–Trinajstić information content (AvgIpc) is 2.37. The van der Waals surface area contributed by atoms with Crippen molar-refractivity contribution in [1.82, 2.24) is 10.2 Å². The molecule has 0 aromatic heterocycles. The molecule has 0 unspecified atom stereocenters. The molecule has 5 nitrogen and oxygen atoms in total. The van der Waals surface area contributed by atoms with Gasteiger partial charge in [-0.05, 0) is 24.1 Å². The molecule has 0 saturated carbocycles. The van der Waals surface area contributed by atoms with Crippen LogP contribution >= 0.6 is 0 Å². The molecule has 1 rings (SSSR count). The van der Waals surface area contributed by atoms with Crippen molar-refractivity contribution in [2.24, 2.45) is 10.7 Å². The van der Waals surface area contributed by atoms with E-state index in [1.165, 1.54) is 0 Å². The third-order valence-electron chi connectivity index (χ3n) is 2.54. The van der Waals surface area contributed by atoms with Crippen molar-refractivity contribution in [2.45, 2.75) is 6.42 Å². The summed E-state index contributed by atoms with van der Waals surface area (Å²) < 4.78 is 0. The number of benzene rings is 1. The summed E-state index contributed by atoms with van der Waals surface area (Å²) in [6, 6.07) is 7.61. The Bertz CT molecular complexity index is 440. The zero-order valence-corrected chi connectivity index (χ0v) is 11.1. The normalized spacial score (nSPS) is 11.2. The molecule has 1 amide bonds. The lowest BCUT2D eigenvalue weighted by Crippen LogP contribution is -2.32. The summed E-state index contributed by atoms with van der Waals surface area (Å²) in [5, 5.41) is 2.98. The van der Waals surface area contributed by atoms with Gasteiger partial charge in [0.2, 0.25) is 0 Å². The molecule has 98 valence electrons. The van der Waals surface area contributed by atoms with Gasteiger partial charge in [-0.25, -0.2) is 0 Å². The topological polar surface area (TPSA) is 70.7 Å². The van der Waals surface area contributed by atoms with E-state index in [-0.39, 0.29) is 5.91 Å². The second-order valence-electron chi connectivity index (χ2n) is 4.19. The molecule has 0 atom stereocenters. The van der Waals surface area contributed by atoms with E-state index in [9.17, 15) is 4.79 Å². The summed E-state index contributed by atoms with van der Waals surface area (Å²) in [5.41, 5.74) is 7.33. The molecular weight excluding hydrogens is 228 g/mol. The number of rotatable bonds is 4. The predicted octanol–water partition coefficient (Wildman–Crippen LogP) is 0.465. The van der Waals surface area contributed by atoms with Crippen LogP contribution in [0.25, 0.3) is 0 Å². The van der Waals surface area contributed by atoms with Crippen molar-refractivity contribution >= 4 is 11.9 Å². The molecule has 0 heterocycles. The molecule has 1 aromatic rings. The molecule has 0 radical (unpaired) electrons. The first kappa shape index (κ1) is 14.0. The lowest BCUT2D eigenvalue weighted by Gasteiger charge is -2.11. The van der Waals surface area contributed by atoms with Crippen LogP contribution in [0.4, 0.5) is 0 Å². The molecule has 5 heteroatoms. The monoisotopic (exact) mass is 248 g/mol. The maximum atomic E-state index is 11.8. The highest BCUT2D eigenvalue weighted by Gasteiger charge is 2.07. The molecule has 0 saturated heterocycles. The fourth-order valence-corrected chi connectivity index (χ4v) is 1.53. The van der Waals surface area contributed by atoms with E-state index in [0.717, 1.165) is 12.0 Å². The number of carbonyl (C=O) groups is 1. The Hall–Kier alpha value is -2.04. The number of nitrogens with two attached hydrogens (primary N) is 1. The Morgan fingerprint density at radius 1 is 1.44 bits per heavy atom. The van der Waals surface area contributed by atoms with Crippen LogP contribution in [0.2, 0.25) is 0 Å². The van der Waals surface area contributed by atoms with Gasteiger partial charge < -0.3 is 16.0 Å². The van der Waals surface area contributed by atoms with Crippen LogP contribution in [-0.4, -0.2) is 44.5 Å². The van der Waals surface area contributed by atoms with Gasteiger partial charge in [-0.15, -0.1) is 0 Å². The minimum absolute atomic E-state index is 0.0134. The van der Waals surface area contributed by atoms with Gasteiger partial charge in [0, 0.05) is 33.3 Å². The molecule has 0 fully saturated rings. The van der Waals surface area contributed by atoms with Crippen molar-refractivity contribution in [2.75, 3.05) is 27.7 Å². The van der Waals surface area contributed by atoms with E-state index in [2.05, 4.69) is 10.3 Å². The Balaban J connectivity index is 2.63. The van der Waals surface area contributed by atoms with Gasteiger partial charge in [-0.2, -0.15) is 0 Å². The van der Waals surface area contributed by atoms with E-state index in [1.54, 1.807) is 26.0 Å². The summed E-state index contributed by atoms with van der Waals surface area (Å²) >= 11 is 0. The quantitative estimate of drug-likeness (QED) is 0.601. The van der Waals surface area contributed by atoms with E-state index in [1.807, 2.05) is 24.3 Å². The maximum absolute atomic E-state index is 11.8. The van der Waals surface area contributed by atoms with Crippen molar-refractivity contribution in [3.05, 3.63) is 35.4 Å². The number of carbonyl (C=O) groups excluding carboxylic acids is 1. The first-order chi connectivity index (χ1) is 8.54. The Kier molecular flexibility index (Phi) is 5.17. The highest BCUT2D eigenvalue weighted by molar-refractivity contribution is 5.94. The van der Waals surface area contributed by atoms with E-state index >= 15 is 0 Å². The maximum Gasteiger partial charge on any atom is 0.253 e. The van der Waals surface area contributed by atoms with E-state index in [0.29, 0.717) is 18.1 Å². The van der Waals surface area contributed by atoms with Crippen LogP contribution in [0.5, 0.6) is 0 Å². The lowest BCUT2D eigenvalue weighted by atomic mass is 10.1. The molecule has 0 aliphatic rings. The van der Waals surface area contributed by atoms with Crippen molar-refractivity contribution in [1.29, 1.82) is 0 Å². The largest absolute Gasteiger partial charge is 0.370 e. The first-order valence-corrected chi connectivity index (χ1v) is 5.81. The van der Waals surface area contributed by atoms with Crippen LogP contribution in [0, 0.1) is 0 Å². The van der Waals surface area contributed by atoms with Gasteiger partial charge in [-0.1, -0.05) is 12.1 Å².